The number of hydrogen-bond donors (Lipinski definition) is 1. The minimum absolute atomic E-state index is 0.698. The molecule has 1 N–H and O–H groups in total. The predicted octanol–water partition coefficient (Wildman–Crippen LogP) is 2.81. The molecule has 0 spiro atoms. The number of halogens is 6. The summed E-state index contributed by atoms with van der Waals surface area (Å²) >= 11 is 0. The van der Waals surface area contributed by atoms with Crippen molar-refractivity contribution in [2.45, 2.75) is 18.5 Å². The highest BCUT2D eigenvalue weighted by Crippen LogP contribution is 2.47. The Kier molecular flexibility index (Phi) is 6.20. The first kappa shape index (κ1) is 19.7. The van der Waals surface area contributed by atoms with Gasteiger partial charge in [0, 0.05) is 14.2 Å². The van der Waals surface area contributed by atoms with Gasteiger partial charge < -0.3 is 13.8 Å². The summed E-state index contributed by atoms with van der Waals surface area (Å²) in [6.07, 6.45) is -18.8. The van der Waals surface area contributed by atoms with E-state index in [1.54, 1.807) is 0 Å². The molecule has 0 aromatic rings. The average Bonchev–Trinajstić information content (AvgIpc) is 2.32. The summed E-state index contributed by atoms with van der Waals surface area (Å²) in [4.78, 5) is 22.0. The zero-order valence-electron chi connectivity index (χ0n) is 10.2. The van der Waals surface area contributed by atoms with Crippen LogP contribution in [0.1, 0.15) is 0 Å². The predicted molar refractivity (Wildman–Crippen MR) is 52.5 cm³/mol. The van der Waals surface area contributed by atoms with E-state index in [2.05, 4.69) is 13.8 Å². The van der Waals surface area contributed by atoms with Crippen LogP contribution >= 0.6 is 7.60 Å². The highest BCUT2D eigenvalue weighted by molar-refractivity contribution is 7.71. The van der Waals surface area contributed by atoms with Gasteiger partial charge in [-0.3, -0.25) is 10.1 Å². The molecule has 0 heterocycles. The van der Waals surface area contributed by atoms with E-state index in [0.29, 0.717) is 14.2 Å². The second kappa shape index (κ2) is 6.62. The third-order valence-electron chi connectivity index (χ3n) is 1.76. The molecule has 0 rings (SSSR count). The molecule has 124 valence electrons. The minimum Gasteiger partial charge on any atom is -0.426 e. The lowest BCUT2D eigenvalue weighted by atomic mass is 10.3. The lowest BCUT2D eigenvalue weighted by molar-refractivity contribution is -0.306. The number of carbonyl (C=O) groups is 2. The van der Waals surface area contributed by atoms with Gasteiger partial charge in [0.05, 0.1) is 0 Å². The van der Waals surface area contributed by atoms with Crippen molar-refractivity contribution in [3.05, 3.63) is 0 Å². The van der Waals surface area contributed by atoms with E-state index in [9.17, 15) is 40.5 Å². The van der Waals surface area contributed by atoms with E-state index in [4.69, 9.17) is 0 Å². The van der Waals surface area contributed by atoms with Crippen molar-refractivity contribution in [3.63, 3.8) is 0 Å². The minimum atomic E-state index is -5.95. The molecule has 7 nitrogen and oxygen atoms in total. The fourth-order valence-electron chi connectivity index (χ4n) is 0.852. The molecular formula is C7H8F6NO6P. The SMILES string of the molecule is COP(=O)(OC)C(=O)NC(=O)OC(C(F)(F)F)C(F)(F)F. The highest BCUT2D eigenvalue weighted by Gasteiger charge is 2.60. The number of nitrogens with one attached hydrogen (secondary N) is 1. The van der Waals surface area contributed by atoms with Crippen LogP contribution in [0.4, 0.5) is 35.9 Å². The third kappa shape index (κ3) is 5.52. The van der Waals surface area contributed by atoms with Gasteiger partial charge in [0.2, 0.25) is 0 Å². The molecule has 14 heteroatoms. The Balaban J connectivity index is 4.98. The number of carbonyl (C=O) groups excluding carboxylic acids is 2. The van der Waals surface area contributed by atoms with Crippen molar-refractivity contribution in [2.75, 3.05) is 14.2 Å². The van der Waals surface area contributed by atoms with E-state index in [1.807, 2.05) is 0 Å². The van der Waals surface area contributed by atoms with Crippen LogP contribution in [0, 0.1) is 0 Å². The summed E-state index contributed by atoms with van der Waals surface area (Å²) < 4.78 is 95.0. The van der Waals surface area contributed by atoms with Crippen LogP contribution in [0.15, 0.2) is 0 Å². The number of ether oxygens (including phenoxy) is 1. The summed E-state index contributed by atoms with van der Waals surface area (Å²) in [5.74, 6) is 0. The van der Waals surface area contributed by atoms with Crippen LogP contribution in [-0.4, -0.2) is 44.4 Å². The summed E-state index contributed by atoms with van der Waals surface area (Å²) in [6, 6.07) is 0. The quantitative estimate of drug-likeness (QED) is 0.621. The number of rotatable bonds is 4. The van der Waals surface area contributed by atoms with Crippen molar-refractivity contribution < 1.29 is 54.3 Å². The van der Waals surface area contributed by atoms with E-state index < -0.39 is 37.8 Å². The Labute approximate surface area is 113 Å². The van der Waals surface area contributed by atoms with Gasteiger partial charge in [0.25, 0.3) is 6.10 Å². The van der Waals surface area contributed by atoms with Gasteiger partial charge in [-0.25, -0.2) is 9.36 Å². The van der Waals surface area contributed by atoms with Gasteiger partial charge in [-0.2, -0.15) is 26.3 Å². The molecule has 21 heavy (non-hydrogen) atoms. The first-order valence-electron chi connectivity index (χ1n) is 4.65. The lowest BCUT2D eigenvalue weighted by Crippen LogP contribution is -2.48. The zero-order chi connectivity index (χ0) is 17.1. The van der Waals surface area contributed by atoms with Gasteiger partial charge in [0.1, 0.15) is 0 Å². The number of alkyl halides is 6. The Morgan fingerprint density at radius 1 is 1.00 bits per heavy atom. The summed E-state index contributed by atoms with van der Waals surface area (Å²) in [5, 5.41) is 0.884. The Hall–Kier alpha value is -1.33. The van der Waals surface area contributed by atoms with Crippen LogP contribution in [0.2, 0.25) is 0 Å². The zero-order valence-corrected chi connectivity index (χ0v) is 11.1. The van der Waals surface area contributed by atoms with Crippen molar-refractivity contribution in [1.29, 1.82) is 0 Å². The second-order valence-electron chi connectivity index (χ2n) is 3.16. The molecule has 0 radical (unpaired) electrons. The monoisotopic (exact) mass is 347 g/mol. The van der Waals surface area contributed by atoms with Crippen molar-refractivity contribution >= 4 is 19.3 Å². The van der Waals surface area contributed by atoms with Crippen LogP contribution in [-0.2, 0) is 18.3 Å². The molecule has 0 atom stereocenters. The third-order valence-corrected chi connectivity index (χ3v) is 3.33. The maximum Gasteiger partial charge on any atom is 0.434 e. The van der Waals surface area contributed by atoms with Gasteiger partial charge in [0.15, 0.2) is 0 Å². The largest absolute Gasteiger partial charge is 0.434 e. The second-order valence-corrected chi connectivity index (χ2v) is 5.29. The van der Waals surface area contributed by atoms with Crippen LogP contribution in [0.5, 0.6) is 0 Å². The first-order chi connectivity index (χ1) is 9.28. The fraction of sp³-hybridized carbons (Fsp3) is 0.714. The van der Waals surface area contributed by atoms with Gasteiger partial charge in [-0.15, -0.1) is 0 Å². The molecule has 0 unspecified atom stereocenters. The molecule has 0 aliphatic heterocycles. The van der Waals surface area contributed by atoms with Crippen LogP contribution in [0.25, 0.3) is 0 Å². The average molecular weight is 347 g/mol. The maximum absolute atomic E-state index is 12.1. The van der Waals surface area contributed by atoms with Crippen molar-refractivity contribution in [1.82, 2.24) is 5.32 Å². The molecular weight excluding hydrogens is 339 g/mol. The normalized spacial score (nSPS) is 13.2. The van der Waals surface area contributed by atoms with Gasteiger partial charge in [-0.1, -0.05) is 0 Å². The summed E-state index contributed by atoms with van der Waals surface area (Å²) in [7, 11) is -3.17. The van der Waals surface area contributed by atoms with Crippen molar-refractivity contribution in [2.24, 2.45) is 0 Å². The maximum atomic E-state index is 12.1. The molecule has 2 amide bonds. The first-order valence-corrected chi connectivity index (χ1v) is 6.19. The fourth-order valence-corrected chi connectivity index (χ4v) is 1.56. The van der Waals surface area contributed by atoms with E-state index in [0.717, 1.165) is 5.32 Å². The Bertz CT molecular complexity index is 426. The smallest absolute Gasteiger partial charge is 0.426 e. The summed E-state index contributed by atoms with van der Waals surface area (Å²) in [5.41, 5.74) is -1.89. The van der Waals surface area contributed by atoms with Crippen LogP contribution < -0.4 is 5.32 Å². The van der Waals surface area contributed by atoms with Gasteiger partial charge >= 0.3 is 31.7 Å². The van der Waals surface area contributed by atoms with E-state index >= 15 is 0 Å². The number of hydrogen-bond acceptors (Lipinski definition) is 6. The van der Waals surface area contributed by atoms with E-state index in [1.165, 1.54) is 0 Å². The van der Waals surface area contributed by atoms with E-state index in [-0.39, 0.29) is 0 Å². The molecule has 0 saturated heterocycles. The number of amides is 2. The summed E-state index contributed by atoms with van der Waals surface area (Å²) in [6.45, 7) is 0. The highest BCUT2D eigenvalue weighted by atomic mass is 31.2. The molecule has 0 fully saturated rings. The van der Waals surface area contributed by atoms with Crippen molar-refractivity contribution in [3.8, 4) is 0 Å². The number of alkyl carbamates (subject to hydrolysis) is 1. The standard InChI is InChI=1S/C7H8F6NO6P/c1-18-21(17,19-2)5(16)14-4(15)20-3(6(8,9)10)7(11,12)13/h3H,1-2H3,(H,14,15,16). The van der Waals surface area contributed by atoms with Gasteiger partial charge in [-0.05, 0) is 0 Å². The lowest BCUT2D eigenvalue weighted by Gasteiger charge is -2.22. The number of imide groups is 1. The molecule has 0 aliphatic rings. The molecule has 0 aromatic carbocycles. The Morgan fingerprint density at radius 3 is 1.67 bits per heavy atom. The Morgan fingerprint density at radius 2 is 1.38 bits per heavy atom. The van der Waals surface area contributed by atoms with Crippen LogP contribution in [0.3, 0.4) is 0 Å². The molecule has 0 saturated carbocycles. The topological polar surface area (TPSA) is 90.9 Å². The molecule has 0 aliphatic carbocycles. The molecule has 0 bridgehead atoms. The molecule has 0 aromatic heterocycles.